The lowest BCUT2D eigenvalue weighted by molar-refractivity contribution is 1.30. The highest BCUT2D eigenvalue weighted by Gasteiger charge is 1.96. The van der Waals surface area contributed by atoms with Crippen molar-refractivity contribution in [2.24, 2.45) is 5.73 Å². The van der Waals surface area contributed by atoms with Crippen molar-refractivity contribution in [1.29, 1.82) is 0 Å². The van der Waals surface area contributed by atoms with E-state index in [0.717, 1.165) is 5.75 Å². The Balaban J connectivity index is 2.71. The quantitative estimate of drug-likeness (QED) is 0.798. The molecule has 0 aliphatic carbocycles. The number of hydrogen-bond acceptors (Lipinski definition) is 2. The van der Waals surface area contributed by atoms with Crippen LogP contribution in [0.3, 0.4) is 0 Å². The normalized spacial score (nSPS) is 10.0. The largest absolute Gasteiger partial charge is 0.394 e. The fourth-order valence-electron chi connectivity index (χ4n) is 1.33. The van der Waals surface area contributed by atoms with Gasteiger partial charge in [0, 0.05) is 5.75 Å². The van der Waals surface area contributed by atoms with Crippen LogP contribution in [0.15, 0.2) is 29.8 Å². The van der Waals surface area contributed by atoms with Gasteiger partial charge in [-0.15, -0.1) is 11.8 Å². The fraction of sp³-hybridized carbons (Fsp3) is 0.273. The summed E-state index contributed by atoms with van der Waals surface area (Å²) in [7, 11) is 0. The van der Waals surface area contributed by atoms with Crippen molar-refractivity contribution in [3.8, 4) is 0 Å². The maximum Gasteiger partial charge on any atom is 0.0585 e. The van der Waals surface area contributed by atoms with E-state index in [0.29, 0.717) is 5.03 Å². The van der Waals surface area contributed by atoms with Crippen molar-refractivity contribution in [3.63, 3.8) is 0 Å². The minimum Gasteiger partial charge on any atom is -0.394 e. The molecule has 0 fully saturated rings. The van der Waals surface area contributed by atoms with E-state index in [1.807, 2.05) is 0 Å². The summed E-state index contributed by atoms with van der Waals surface area (Å²) in [6.45, 7) is 7.87. The smallest absolute Gasteiger partial charge is 0.0585 e. The second kappa shape index (κ2) is 4.38. The average Bonchev–Trinajstić information content (AvgIpc) is 1.99. The SMILES string of the molecule is C=C(N)SCc1cc(C)cc(C)c1. The van der Waals surface area contributed by atoms with E-state index in [-0.39, 0.29) is 0 Å². The second-order valence-electron chi connectivity index (χ2n) is 3.25. The Bertz CT molecular complexity index is 298. The number of nitrogens with two attached hydrogens (primary N) is 1. The van der Waals surface area contributed by atoms with Crippen LogP contribution in [0.4, 0.5) is 0 Å². The molecule has 0 saturated heterocycles. The first-order valence-electron chi connectivity index (χ1n) is 4.22. The van der Waals surface area contributed by atoms with Crippen LogP contribution < -0.4 is 5.73 Å². The van der Waals surface area contributed by atoms with Crippen molar-refractivity contribution in [2.45, 2.75) is 19.6 Å². The third kappa shape index (κ3) is 3.55. The monoisotopic (exact) mass is 193 g/mol. The van der Waals surface area contributed by atoms with Crippen LogP contribution in [0.1, 0.15) is 16.7 Å². The molecular weight excluding hydrogens is 178 g/mol. The predicted octanol–water partition coefficient (Wildman–Crippen LogP) is 2.97. The molecular formula is C11H15NS. The first kappa shape index (κ1) is 10.2. The molecule has 0 aliphatic rings. The topological polar surface area (TPSA) is 26.0 Å². The minimum absolute atomic E-state index is 0.680. The molecule has 1 aromatic carbocycles. The highest BCUT2D eigenvalue weighted by molar-refractivity contribution is 8.02. The zero-order valence-corrected chi connectivity index (χ0v) is 8.95. The van der Waals surface area contributed by atoms with Gasteiger partial charge in [0.05, 0.1) is 5.03 Å². The number of hydrogen-bond donors (Lipinski definition) is 1. The van der Waals surface area contributed by atoms with E-state index in [4.69, 9.17) is 5.73 Å². The molecule has 13 heavy (non-hydrogen) atoms. The lowest BCUT2D eigenvalue weighted by Gasteiger charge is -2.04. The molecule has 0 radical (unpaired) electrons. The Morgan fingerprint density at radius 2 is 1.85 bits per heavy atom. The molecule has 0 unspecified atom stereocenters. The van der Waals surface area contributed by atoms with Crippen molar-refractivity contribution in [1.82, 2.24) is 0 Å². The summed E-state index contributed by atoms with van der Waals surface area (Å²) in [6, 6.07) is 6.54. The van der Waals surface area contributed by atoms with E-state index in [2.05, 4.69) is 38.6 Å². The summed E-state index contributed by atoms with van der Waals surface area (Å²) in [5.41, 5.74) is 9.41. The van der Waals surface area contributed by atoms with Gasteiger partial charge < -0.3 is 5.73 Å². The van der Waals surface area contributed by atoms with Crippen LogP contribution in [-0.2, 0) is 5.75 Å². The summed E-state index contributed by atoms with van der Waals surface area (Å²) >= 11 is 1.59. The van der Waals surface area contributed by atoms with Gasteiger partial charge in [0.25, 0.3) is 0 Å². The molecule has 0 saturated carbocycles. The second-order valence-corrected chi connectivity index (χ2v) is 4.35. The highest BCUT2D eigenvalue weighted by Crippen LogP contribution is 2.18. The van der Waals surface area contributed by atoms with Gasteiger partial charge in [-0.1, -0.05) is 35.9 Å². The fourth-order valence-corrected chi connectivity index (χ4v) is 1.85. The maximum atomic E-state index is 5.48. The number of thioether (sulfide) groups is 1. The summed E-state index contributed by atoms with van der Waals surface area (Å²) in [6.07, 6.45) is 0. The first-order chi connectivity index (χ1) is 6.08. The van der Waals surface area contributed by atoms with Crippen molar-refractivity contribution in [2.75, 3.05) is 0 Å². The number of benzene rings is 1. The summed E-state index contributed by atoms with van der Waals surface area (Å²) in [5.74, 6) is 0.915. The van der Waals surface area contributed by atoms with Gasteiger partial charge in [0.2, 0.25) is 0 Å². The van der Waals surface area contributed by atoms with E-state index in [9.17, 15) is 0 Å². The zero-order valence-electron chi connectivity index (χ0n) is 8.13. The van der Waals surface area contributed by atoms with E-state index in [1.54, 1.807) is 11.8 Å². The Morgan fingerprint density at radius 1 is 1.31 bits per heavy atom. The van der Waals surface area contributed by atoms with Gasteiger partial charge in [0.15, 0.2) is 0 Å². The predicted molar refractivity (Wildman–Crippen MR) is 60.5 cm³/mol. The molecule has 0 amide bonds. The van der Waals surface area contributed by atoms with Crippen molar-refractivity contribution in [3.05, 3.63) is 46.5 Å². The molecule has 0 aliphatic heterocycles. The van der Waals surface area contributed by atoms with Crippen LogP contribution in [0.25, 0.3) is 0 Å². The standard InChI is InChI=1S/C11H15NS/c1-8-4-9(2)6-11(5-8)7-13-10(3)12/h4-6H,3,7,12H2,1-2H3. The Labute approximate surface area is 84.0 Å². The lowest BCUT2D eigenvalue weighted by Crippen LogP contribution is -1.91. The van der Waals surface area contributed by atoms with Crippen LogP contribution in [0.5, 0.6) is 0 Å². The molecule has 2 heteroatoms. The average molecular weight is 193 g/mol. The Morgan fingerprint density at radius 3 is 2.31 bits per heavy atom. The Kier molecular flexibility index (Phi) is 3.43. The molecule has 70 valence electrons. The summed E-state index contributed by atoms with van der Waals surface area (Å²) < 4.78 is 0. The number of aryl methyl sites for hydroxylation is 2. The van der Waals surface area contributed by atoms with Gasteiger partial charge in [-0.25, -0.2) is 0 Å². The van der Waals surface area contributed by atoms with E-state index < -0.39 is 0 Å². The molecule has 0 spiro atoms. The molecule has 1 rings (SSSR count). The maximum absolute atomic E-state index is 5.48. The van der Waals surface area contributed by atoms with Gasteiger partial charge in [-0.3, -0.25) is 0 Å². The van der Waals surface area contributed by atoms with Gasteiger partial charge in [-0.2, -0.15) is 0 Å². The molecule has 1 nitrogen and oxygen atoms in total. The molecule has 0 aromatic heterocycles. The number of rotatable bonds is 3. The van der Waals surface area contributed by atoms with Crippen LogP contribution in [0.2, 0.25) is 0 Å². The molecule has 0 atom stereocenters. The van der Waals surface area contributed by atoms with Crippen LogP contribution in [0, 0.1) is 13.8 Å². The minimum atomic E-state index is 0.680. The van der Waals surface area contributed by atoms with E-state index in [1.165, 1.54) is 16.7 Å². The summed E-state index contributed by atoms with van der Waals surface area (Å²) in [4.78, 5) is 0. The van der Waals surface area contributed by atoms with Crippen molar-refractivity contribution < 1.29 is 0 Å². The molecule has 1 aromatic rings. The van der Waals surface area contributed by atoms with Crippen LogP contribution in [-0.4, -0.2) is 0 Å². The van der Waals surface area contributed by atoms with Gasteiger partial charge in [0.1, 0.15) is 0 Å². The lowest BCUT2D eigenvalue weighted by atomic mass is 10.1. The summed E-state index contributed by atoms with van der Waals surface area (Å²) in [5, 5.41) is 0.680. The van der Waals surface area contributed by atoms with E-state index >= 15 is 0 Å². The molecule has 0 bridgehead atoms. The highest BCUT2D eigenvalue weighted by atomic mass is 32.2. The molecule has 2 N–H and O–H groups in total. The Hall–Kier alpha value is -0.890. The zero-order chi connectivity index (χ0) is 9.84. The molecule has 0 heterocycles. The van der Waals surface area contributed by atoms with Crippen molar-refractivity contribution >= 4 is 11.8 Å². The third-order valence-electron chi connectivity index (χ3n) is 1.71. The third-order valence-corrected chi connectivity index (χ3v) is 2.55. The van der Waals surface area contributed by atoms with Crippen LogP contribution >= 0.6 is 11.8 Å². The first-order valence-corrected chi connectivity index (χ1v) is 5.21. The van der Waals surface area contributed by atoms with Gasteiger partial charge >= 0.3 is 0 Å². The van der Waals surface area contributed by atoms with Gasteiger partial charge in [-0.05, 0) is 19.4 Å².